The zero-order chi connectivity index (χ0) is 19.1. The van der Waals surface area contributed by atoms with Crippen LogP contribution >= 0.6 is 0 Å². The van der Waals surface area contributed by atoms with Crippen LogP contribution in [0.15, 0.2) is 48.5 Å². The van der Waals surface area contributed by atoms with Gasteiger partial charge in [-0.15, -0.1) is 0 Å². The van der Waals surface area contributed by atoms with Gasteiger partial charge in [0.1, 0.15) is 11.6 Å². The number of nitrogens with one attached hydrogen (secondary N) is 1. The lowest BCUT2D eigenvalue weighted by atomic mass is 10.1. The Bertz CT molecular complexity index is 719. The third-order valence-electron chi connectivity index (χ3n) is 4.23. The fourth-order valence-electron chi connectivity index (χ4n) is 2.72. The lowest BCUT2D eigenvalue weighted by Crippen LogP contribution is -2.41. The Morgan fingerprint density at radius 3 is 2.42 bits per heavy atom. The van der Waals surface area contributed by atoms with Crippen molar-refractivity contribution in [2.45, 2.75) is 12.6 Å². The highest BCUT2D eigenvalue weighted by Gasteiger charge is 2.17. The van der Waals surface area contributed by atoms with Crippen molar-refractivity contribution in [3.8, 4) is 5.75 Å². The number of benzene rings is 2. The number of urea groups is 1. The maximum Gasteiger partial charge on any atom is 0.317 e. The Kier molecular flexibility index (Phi) is 6.97. The topological polar surface area (TPSA) is 44.8 Å². The summed E-state index contributed by atoms with van der Waals surface area (Å²) < 4.78 is 18.5. The molecule has 140 valence electrons. The number of carbonyl (C=O) groups is 1. The first-order valence-corrected chi connectivity index (χ1v) is 8.44. The largest absolute Gasteiger partial charge is 0.497 e. The normalized spacial score (nSPS) is 11.9. The van der Waals surface area contributed by atoms with Gasteiger partial charge in [-0.1, -0.05) is 24.3 Å². The van der Waals surface area contributed by atoms with Gasteiger partial charge < -0.3 is 19.9 Å². The molecule has 0 aromatic heterocycles. The summed E-state index contributed by atoms with van der Waals surface area (Å²) in [4.78, 5) is 16.0. The molecule has 26 heavy (non-hydrogen) atoms. The fraction of sp³-hybridized carbons (Fsp3) is 0.350. The lowest BCUT2D eigenvalue weighted by Gasteiger charge is -2.27. The van der Waals surface area contributed by atoms with Gasteiger partial charge in [0.05, 0.1) is 13.2 Å². The highest BCUT2D eigenvalue weighted by molar-refractivity contribution is 5.73. The number of hydrogen-bond donors (Lipinski definition) is 1. The maximum atomic E-state index is 13.3. The molecular formula is C20H26FN3O2. The summed E-state index contributed by atoms with van der Waals surface area (Å²) in [5.74, 6) is 0.494. The maximum absolute atomic E-state index is 13.3. The molecule has 0 radical (unpaired) electrons. The van der Waals surface area contributed by atoms with E-state index in [2.05, 4.69) is 10.2 Å². The fourth-order valence-corrected chi connectivity index (χ4v) is 2.72. The number of methoxy groups -OCH3 is 1. The SMILES string of the molecule is COc1ccc(C(CNC(=O)N(C)Cc2cccc(F)c2)N(C)C)cc1. The van der Waals surface area contributed by atoms with E-state index in [0.717, 1.165) is 16.9 Å². The van der Waals surface area contributed by atoms with Crippen molar-refractivity contribution < 1.29 is 13.9 Å². The highest BCUT2D eigenvalue weighted by Crippen LogP contribution is 2.20. The van der Waals surface area contributed by atoms with Crippen molar-refractivity contribution in [2.75, 3.05) is 34.8 Å². The van der Waals surface area contributed by atoms with E-state index in [-0.39, 0.29) is 17.9 Å². The van der Waals surface area contributed by atoms with E-state index in [0.29, 0.717) is 13.1 Å². The Morgan fingerprint density at radius 1 is 1.15 bits per heavy atom. The molecule has 0 heterocycles. The number of likely N-dealkylation sites (N-methyl/N-ethyl adjacent to an activating group) is 1. The smallest absolute Gasteiger partial charge is 0.317 e. The molecule has 6 heteroatoms. The second kappa shape index (κ2) is 9.20. The van der Waals surface area contributed by atoms with E-state index in [1.54, 1.807) is 26.3 Å². The predicted octanol–water partition coefficient (Wildman–Crippen LogP) is 3.28. The van der Waals surface area contributed by atoms with Gasteiger partial charge in [-0.25, -0.2) is 9.18 Å². The van der Waals surface area contributed by atoms with Crippen molar-refractivity contribution in [2.24, 2.45) is 0 Å². The van der Waals surface area contributed by atoms with Crippen LogP contribution in [0.3, 0.4) is 0 Å². The first-order valence-electron chi connectivity index (χ1n) is 8.44. The van der Waals surface area contributed by atoms with E-state index in [1.807, 2.05) is 38.4 Å². The summed E-state index contributed by atoms with van der Waals surface area (Å²) >= 11 is 0. The van der Waals surface area contributed by atoms with Crippen molar-refractivity contribution in [3.05, 3.63) is 65.5 Å². The molecule has 0 aliphatic carbocycles. The monoisotopic (exact) mass is 359 g/mol. The van der Waals surface area contributed by atoms with Crippen molar-refractivity contribution in [3.63, 3.8) is 0 Å². The number of hydrogen-bond acceptors (Lipinski definition) is 3. The van der Waals surface area contributed by atoms with Crippen LogP contribution in [-0.4, -0.2) is 50.6 Å². The molecule has 2 rings (SSSR count). The van der Waals surface area contributed by atoms with Crippen LogP contribution in [0.5, 0.6) is 5.75 Å². The Hall–Kier alpha value is -2.60. The molecule has 0 fully saturated rings. The Morgan fingerprint density at radius 2 is 1.85 bits per heavy atom. The molecule has 2 aromatic carbocycles. The molecule has 5 nitrogen and oxygen atoms in total. The molecule has 1 unspecified atom stereocenters. The van der Waals surface area contributed by atoms with Crippen LogP contribution in [0.1, 0.15) is 17.2 Å². The van der Waals surface area contributed by atoms with Crippen LogP contribution in [0.4, 0.5) is 9.18 Å². The average molecular weight is 359 g/mol. The second-order valence-corrected chi connectivity index (χ2v) is 6.42. The number of halogens is 1. The first-order chi connectivity index (χ1) is 12.4. The standard InChI is InChI=1S/C20H26FN3O2/c1-23(2)19(16-8-10-18(26-4)11-9-16)13-22-20(25)24(3)14-15-6-5-7-17(21)12-15/h5-12,19H,13-14H2,1-4H3,(H,22,25). The van der Waals surface area contributed by atoms with Crippen LogP contribution in [0.2, 0.25) is 0 Å². The van der Waals surface area contributed by atoms with Gasteiger partial charge in [0.2, 0.25) is 0 Å². The molecular weight excluding hydrogens is 333 g/mol. The molecule has 2 aromatic rings. The Labute approximate surface area is 154 Å². The Balaban J connectivity index is 1.95. The molecule has 0 bridgehead atoms. The van der Waals surface area contributed by atoms with Gasteiger partial charge in [-0.3, -0.25) is 0 Å². The molecule has 0 saturated carbocycles. The highest BCUT2D eigenvalue weighted by atomic mass is 19.1. The molecule has 0 spiro atoms. The van der Waals surface area contributed by atoms with Crippen molar-refractivity contribution >= 4 is 6.03 Å². The number of amides is 2. The molecule has 0 saturated heterocycles. The zero-order valence-corrected chi connectivity index (χ0v) is 15.7. The minimum atomic E-state index is -0.302. The third-order valence-corrected chi connectivity index (χ3v) is 4.23. The van der Waals surface area contributed by atoms with E-state index in [9.17, 15) is 9.18 Å². The summed E-state index contributed by atoms with van der Waals surface area (Å²) in [6.45, 7) is 0.810. The molecule has 1 N–H and O–H groups in total. The average Bonchev–Trinajstić information content (AvgIpc) is 2.62. The first kappa shape index (κ1) is 19.7. The third kappa shape index (κ3) is 5.46. The summed E-state index contributed by atoms with van der Waals surface area (Å²) in [5.41, 5.74) is 1.84. The number of carbonyl (C=O) groups excluding carboxylic acids is 1. The van der Waals surface area contributed by atoms with Crippen LogP contribution in [0, 0.1) is 5.82 Å². The summed E-state index contributed by atoms with van der Waals surface area (Å²) in [6, 6.07) is 13.9. The summed E-state index contributed by atoms with van der Waals surface area (Å²) in [6.07, 6.45) is 0. The van der Waals surface area contributed by atoms with Crippen LogP contribution in [0.25, 0.3) is 0 Å². The summed E-state index contributed by atoms with van der Waals surface area (Å²) in [7, 11) is 7.26. The minimum Gasteiger partial charge on any atom is -0.497 e. The minimum absolute atomic E-state index is 0.0347. The molecule has 1 atom stereocenters. The predicted molar refractivity (Wildman–Crippen MR) is 101 cm³/mol. The lowest BCUT2D eigenvalue weighted by molar-refractivity contribution is 0.200. The van der Waals surface area contributed by atoms with Gasteiger partial charge >= 0.3 is 6.03 Å². The van der Waals surface area contributed by atoms with E-state index >= 15 is 0 Å². The van der Waals surface area contributed by atoms with E-state index < -0.39 is 0 Å². The van der Waals surface area contributed by atoms with Crippen molar-refractivity contribution in [1.82, 2.24) is 15.1 Å². The van der Waals surface area contributed by atoms with Gasteiger partial charge in [-0.2, -0.15) is 0 Å². The second-order valence-electron chi connectivity index (χ2n) is 6.42. The van der Waals surface area contributed by atoms with Gasteiger partial charge in [0.25, 0.3) is 0 Å². The van der Waals surface area contributed by atoms with Crippen molar-refractivity contribution in [1.29, 1.82) is 0 Å². The van der Waals surface area contributed by atoms with Crippen LogP contribution in [-0.2, 0) is 6.54 Å². The molecule has 0 aliphatic rings. The van der Waals surface area contributed by atoms with E-state index in [1.165, 1.54) is 17.0 Å². The number of rotatable bonds is 7. The summed E-state index contributed by atoms with van der Waals surface area (Å²) in [5, 5.41) is 2.95. The van der Waals surface area contributed by atoms with Gasteiger partial charge in [0, 0.05) is 20.1 Å². The van der Waals surface area contributed by atoms with Crippen LogP contribution < -0.4 is 10.1 Å². The quantitative estimate of drug-likeness (QED) is 0.825. The van der Waals surface area contributed by atoms with Gasteiger partial charge in [0.15, 0.2) is 0 Å². The number of nitrogens with zero attached hydrogens (tertiary/aromatic N) is 2. The van der Waals surface area contributed by atoms with E-state index in [4.69, 9.17) is 4.74 Å². The zero-order valence-electron chi connectivity index (χ0n) is 15.7. The molecule has 2 amide bonds. The number of ether oxygens (including phenoxy) is 1. The van der Waals surface area contributed by atoms with Gasteiger partial charge in [-0.05, 0) is 49.5 Å². The molecule has 0 aliphatic heterocycles.